The van der Waals surface area contributed by atoms with Crippen molar-refractivity contribution in [3.8, 4) is 0 Å². The zero-order chi connectivity index (χ0) is 15.3. The van der Waals surface area contributed by atoms with E-state index in [2.05, 4.69) is 15.7 Å². The number of carbonyl (C=O) groups is 2. The van der Waals surface area contributed by atoms with Crippen molar-refractivity contribution in [2.24, 2.45) is 0 Å². The summed E-state index contributed by atoms with van der Waals surface area (Å²) in [7, 11) is 1.35. The van der Waals surface area contributed by atoms with Crippen LogP contribution >= 0.6 is 0 Å². The average molecular weight is 293 g/mol. The molecule has 1 aromatic heterocycles. The van der Waals surface area contributed by atoms with E-state index < -0.39 is 30.7 Å². The van der Waals surface area contributed by atoms with Crippen molar-refractivity contribution in [1.82, 2.24) is 20.4 Å². The van der Waals surface area contributed by atoms with Gasteiger partial charge in [0, 0.05) is 19.3 Å². The number of rotatable bonds is 4. The topological polar surface area (TPSA) is 88.0 Å². The van der Waals surface area contributed by atoms with Crippen LogP contribution in [-0.2, 0) is 11.3 Å². The maximum Gasteiger partial charge on any atom is 0.408 e. The van der Waals surface area contributed by atoms with E-state index in [1.165, 1.54) is 20.0 Å². The molecule has 0 fully saturated rings. The maximum atomic E-state index is 12.1. The lowest BCUT2D eigenvalue weighted by Gasteiger charge is -2.12. The Morgan fingerprint density at radius 1 is 1.45 bits per heavy atom. The molecule has 1 rings (SSSR count). The predicted molar refractivity (Wildman–Crippen MR) is 64.0 cm³/mol. The van der Waals surface area contributed by atoms with Crippen LogP contribution in [0.2, 0.25) is 0 Å². The zero-order valence-corrected chi connectivity index (χ0v) is 10.8. The van der Waals surface area contributed by atoms with E-state index in [0.717, 1.165) is 6.20 Å². The highest BCUT2D eigenvalue weighted by Gasteiger charge is 2.28. The Balaban J connectivity index is 2.56. The van der Waals surface area contributed by atoms with Gasteiger partial charge in [0.1, 0.15) is 18.4 Å². The minimum atomic E-state index is -4.37. The number of hydrogen-bond donors (Lipinski definition) is 3. The molecule has 1 atom stereocenters. The third-order valence-electron chi connectivity index (χ3n) is 2.20. The molecule has 0 aliphatic rings. The van der Waals surface area contributed by atoms with E-state index in [1.54, 1.807) is 0 Å². The highest BCUT2D eigenvalue weighted by atomic mass is 19.4. The number of anilines is 1. The number of nitrogens with zero attached hydrogens (tertiary/aromatic N) is 2. The molecule has 0 bridgehead atoms. The van der Waals surface area contributed by atoms with Gasteiger partial charge in [-0.15, -0.1) is 0 Å². The van der Waals surface area contributed by atoms with E-state index in [1.807, 2.05) is 5.32 Å². The van der Waals surface area contributed by atoms with Gasteiger partial charge in [-0.25, -0.2) is 4.79 Å². The summed E-state index contributed by atoms with van der Waals surface area (Å²) >= 11 is 0. The number of halogens is 3. The fourth-order valence-corrected chi connectivity index (χ4v) is 1.28. The second kappa shape index (κ2) is 6.26. The van der Waals surface area contributed by atoms with Gasteiger partial charge in [0.2, 0.25) is 5.91 Å². The molecule has 0 radical (unpaired) electrons. The lowest BCUT2D eigenvalue weighted by Crippen LogP contribution is -2.44. The Hall–Kier alpha value is -2.26. The minimum absolute atomic E-state index is 0.105. The molecule has 0 spiro atoms. The SMILES string of the molecule is CNC(=O)NC(=O)[C@H](C)Nc1ccn(CC(F)(F)F)n1. The van der Waals surface area contributed by atoms with Crippen molar-refractivity contribution < 1.29 is 22.8 Å². The molecule has 1 aromatic rings. The molecule has 0 unspecified atom stereocenters. The Bertz CT molecular complexity index is 485. The van der Waals surface area contributed by atoms with E-state index in [-0.39, 0.29) is 5.82 Å². The molecule has 0 saturated heterocycles. The van der Waals surface area contributed by atoms with Crippen LogP contribution in [-0.4, -0.2) is 41.0 Å². The summed E-state index contributed by atoms with van der Waals surface area (Å²) in [5.41, 5.74) is 0. The Labute approximate surface area is 112 Å². The number of aromatic nitrogens is 2. The van der Waals surface area contributed by atoms with Crippen molar-refractivity contribution in [3.63, 3.8) is 0 Å². The van der Waals surface area contributed by atoms with Gasteiger partial charge in [0.15, 0.2) is 0 Å². The van der Waals surface area contributed by atoms with Gasteiger partial charge in [-0.05, 0) is 6.92 Å². The molecule has 10 heteroatoms. The van der Waals surface area contributed by atoms with Gasteiger partial charge in [-0.2, -0.15) is 18.3 Å². The van der Waals surface area contributed by atoms with Gasteiger partial charge in [0.05, 0.1) is 0 Å². The summed E-state index contributed by atoms with van der Waals surface area (Å²) < 4.78 is 37.1. The first kappa shape index (κ1) is 15.8. The summed E-state index contributed by atoms with van der Waals surface area (Å²) in [6.07, 6.45) is -3.23. The van der Waals surface area contributed by atoms with Gasteiger partial charge in [0.25, 0.3) is 0 Å². The van der Waals surface area contributed by atoms with E-state index in [0.29, 0.717) is 4.68 Å². The van der Waals surface area contributed by atoms with Gasteiger partial charge in [-0.1, -0.05) is 0 Å². The molecule has 3 amide bonds. The van der Waals surface area contributed by atoms with Gasteiger partial charge < -0.3 is 10.6 Å². The molecule has 0 aromatic carbocycles. The molecule has 0 aliphatic heterocycles. The first-order chi connectivity index (χ1) is 9.21. The van der Waals surface area contributed by atoms with Crippen molar-refractivity contribution in [3.05, 3.63) is 12.3 Å². The second-order valence-electron chi connectivity index (χ2n) is 3.95. The smallest absolute Gasteiger partial charge is 0.357 e. The van der Waals surface area contributed by atoms with Crippen LogP contribution in [0, 0.1) is 0 Å². The average Bonchev–Trinajstić information content (AvgIpc) is 2.73. The molecule has 1 heterocycles. The van der Waals surface area contributed by atoms with Crippen LogP contribution in [0.5, 0.6) is 0 Å². The highest BCUT2D eigenvalue weighted by Crippen LogP contribution is 2.17. The molecule has 0 aliphatic carbocycles. The number of imide groups is 1. The molecule has 3 N–H and O–H groups in total. The van der Waals surface area contributed by atoms with E-state index in [9.17, 15) is 22.8 Å². The minimum Gasteiger partial charge on any atom is -0.357 e. The quantitative estimate of drug-likeness (QED) is 0.762. The summed E-state index contributed by atoms with van der Waals surface area (Å²) in [6, 6.07) is -0.206. The van der Waals surface area contributed by atoms with E-state index in [4.69, 9.17) is 0 Å². The van der Waals surface area contributed by atoms with Crippen LogP contribution < -0.4 is 16.0 Å². The second-order valence-corrected chi connectivity index (χ2v) is 3.95. The normalized spacial score (nSPS) is 12.7. The monoisotopic (exact) mass is 293 g/mol. The zero-order valence-electron chi connectivity index (χ0n) is 10.8. The fourth-order valence-electron chi connectivity index (χ4n) is 1.28. The fraction of sp³-hybridized carbons (Fsp3) is 0.500. The summed E-state index contributed by atoms with van der Waals surface area (Å²) in [6.45, 7) is 0.231. The van der Waals surface area contributed by atoms with Crippen molar-refractivity contribution in [2.45, 2.75) is 25.7 Å². The van der Waals surface area contributed by atoms with Crippen LogP contribution in [0.3, 0.4) is 0 Å². The molecule has 7 nitrogen and oxygen atoms in total. The number of urea groups is 1. The number of nitrogens with one attached hydrogen (secondary N) is 3. The Kier molecular flexibility index (Phi) is 4.94. The van der Waals surface area contributed by atoms with E-state index >= 15 is 0 Å². The number of alkyl halides is 3. The van der Waals surface area contributed by atoms with Crippen LogP contribution in [0.15, 0.2) is 12.3 Å². The molecule has 20 heavy (non-hydrogen) atoms. The lowest BCUT2D eigenvalue weighted by molar-refractivity contribution is -0.142. The first-order valence-corrected chi connectivity index (χ1v) is 5.60. The lowest BCUT2D eigenvalue weighted by atomic mass is 10.3. The van der Waals surface area contributed by atoms with Crippen LogP contribution in [0.1, 0.15) is 6.92 Å². The highest BCUT2D eigenvalue weighted by molar-refractivity contribution is 5.97. The van der Waals surface area contributed by atoms with Crippen LogP contribution in [0.4, 0.5) is 23.8 Å². The number of carbonyl (C=O) groups excluding carboxylic acids is 2. The summed E-state index contributed by atoms with van der Waals surface area (Å²) in [4.78, 5) is 22.4. The van der Waals surface area contributed by atoms with Crippen LogP contribution in [0.25, 0.3) is 0 Å². The predicted octanol–water partition coefficient (Wildman–Crippen LogP) is 0.701. The van der Waals surface area contributed by atoms with Gasteiger partial charge >= 0.3 is 12.2 Å². The largest absolute Gasteiger partial charge is 0.408 e. The summed E-state index contributed by atoms with van der Waals surface area (Å²) in [5.74, 6) is -0.525. The molecular weight excluding hydrogens is 279 g/mol. The molecule has 112 valence electrons. The third-order valence-corrected chi connectivity index (χ3v) is 2.20. The van der Waals surface area contributed by atoms with Crippen molar-refractivity contribution >= 4 is 17.8 Å². The maximum absolute atomic E-state index is 12.1. The molecular formula is C10H14F3N5O2. The number of hydrogen-bond acceptors (Lipinski definition) is 4. The first-order valence-electron chi connectivity index (χ1n) is 5.60. The summed E-state index contributed by atoms with van der Waals surface area (Å²) in [5, 5.41) is 10.4. The third kappa shape index (κ3) is 5.16. The Morgan fingerprint density at radius 3 is 2.65 bits per heavy atom. The van der Waals surface area contributed by atoms with Crippen molar-refractivity contribution in [1.29, 1.82) is 0 Å². The number of amides is 3. The molecule has 0 saturated carbocycles. The van der Waals surface area contributed by atoms with Gasteiger partial charge in [-0.3, -0.25) is 14.8 Å². The Morgan fingerprint density at radius 2 is 2.10 bits per heavy atom. The standard InChI is InChI=1S/C10H14F3N5O2/c1-6(8(19)16-9(20)14-2)15-7-3-4-18(17-7)5-10(11,12)13/h3-4,6H,5H2,1-2H3,(H,15,17)(H2,14,16,19,20)/t6-/m0/s1. The van der Waals surface area contributed by atoms with Crippen molar-refractivity contribution in [2.75, 3.05) is 12.4 Å².